The Balaban J connectivity index is 1.68. The summed E-state index contributed by atoms with van der Waals surface area (Å²) in [6, 6.07) is 15.1. The molecule has 1 aliphatic rings. The van der Waals surface area contributed by atoms with E-state index in [1.54, 1.807) is 64.4 Å². The molecule has 2 aromatic rings. The maximum absolute atomic E-state index is 12.9. The normalized spacial score (nSPS) is 14.9. The molecule has 2 amide bonds. The SMILES string of the molecule is CC(C)C(=O)N1CCN(C(=O)c2cccc(CS(=O)(=O)c3ccccc3)c2)CC1. The maximum atomic E-state index is 12.9. The summed E-state index contributed by atoms with van der Waals surface area (Å²) >= 11 is 0. The smallest absolute Gasteiger partial charge is 0.253 e. The van der Waals surface area contributed by atoms with E-state index in [4.69, 9.17) is 0 Å². The van der Waals surface area contributed by atoms with E-state index < -0.39 is 9.84 Å². The van der Waals surface area contributed by atoms with Crippen LogP contribution < -0.4 is 0 Å². The van der Waals surface area contributed by atoms with Crippen molar-refractivity contribution in [3.05, 3.63) is 65.7 Å². The zero-order valence-electron chi connectivity index (χ0n) is 16.7. The zero-order valence-corrected chi connectivity index (χ0v) is 17.6. The molecule has 3 rings (SSSR count). The van der Waals surface area contributed by atoms with Gasteiger partial charge in [0.15, 0.2) is 9.84 Å². The van der Waals surface area contributed by atoms with Crippen molar-refractivity contribution in [3.8, 4) is 0 Å². The monoisotopic (exact) mass is 414 g/mol. The predicted octanol–water partition coefficient (Wildman–Crippen LogP) is 2.60. The summed E-state index contributed by atoms with van der Waals surface area (Å²) in [5.41, 5.74) is 1.04. The minimum Gasteiger partial charge on any atom is -0.339 e. The van der Waals surface area contributed by atoms with Crippen molar-refractivity contribution in [3.63, 3.8) is 0 Å². The fourth-order valence-corrected chi connectivity index (χ4v) is 4.76. The average molecular weight is 415 g/mol. The zero-order chi connectivity index (χ0) is 21.0. The molecule has 0 aliphatic carbocycles. The van der Waals surface area contributed by atoms with Gasteiger partial charge in [-0.3, -0.25) is 9.59 Å². The molecule has 154 valence electrons. The molecule has 0 unspecified atom stereocenters. The summed E-state index contributed by atoms with van der Waals surface area (Å²) in [5.74, 6) is -0.249. The first-order chi connectivity index (χ1) is 13.8. The van der Waals surface area contributed by atoms with Gasteiger partial charge in [0.25, 0.3) is 5.91 Å². The summed E-state index contributed by atoms with van der Waals surface area (Å²) in [7, 11) is -3.47. The van der Waals surface area contributed by atoms with Crippen molar-refractivity contribution in [2.75, 3.05) is 26.2 Å². The Hall–Kier alpha value is -2.67. The Kier molecular flexibility index (Phi) is 6.37. The molecule has 29 heavy (non-hydrogen) atoms. The summed E-state index contributed by atoms with van der Waals surface area (Å²) in [6.45, 7) is 5.73. The van der Waals surface area contributed by atoms with Crippen LogP contribution in [0.25, 0.3) is 0 Å². The van der Waals surface area contributed by atoms with Crippen LogP contribution in [-0.2, 0) is 20.4 Å². The van der Waals surface area contributed by atoms with Crippen LogP contribution in [-0.4, -0.2) is 56.2 Å². The van der Waals surface area contributed by atoms with Gasteiger partial charge in [0.1, 0.15) is 0 Å². The van der Waals surface area contributed by atoms with Gasteiger partial charge in [0.05, 0.1) is 10.6 Å². The molecule has 0 bridgehead atoms. The Morgan fingerprint density at radius 1 is 0.897 bits per heavy atom. The molecule has 2 aromatic carbocycles. The van der Waals surface area contributed by atoms with Crippen molar-refractivity contribution in [2.24, 2.45) is 5.92 Å². The number of rotatable bonds is 5. The fraction of sp³-hybridized carbons (Fsp3) is 0.364. The van der Waals surface area contributed by atoms with Crippen LogP contribution in [0.1, 0.15) is 29.8 Å². The third-order valence-corrected chi connectivity index (χ3v) is 6.71. The lowest BCUT2D eigenvalue weighted by atomic mass is 10.1. The van der Waals surface area contributed by atoms with Crippen LogP contribution in [0, 0.1) is 5.92 Å². The minimum atomic E-state index is -3.47. The van der Waals surface area contributed by atoms with Crippen LogP contribution in [0.5, 0.6) is 0 Å². The van der Waals surface area contributed by atoms with Crippen LogP contribution >= 0.6 is 0 Å². The molecule has 1 saturated heterocycles. The molecule has 0 spiro atoms. The molecular weight excluding hydrogens is 388 g/mol. The van der Waals surface area contributed by atoms with Gasteiger partial charge in [-0.25, -0.2) is 8.42 Å². The first-order valence-corrected chi connectivity index (χ1v) is 11.4. The number of benzene rings is 2. The van der Waals surface area contributed by atoms with Crippen molar-refractivity contribution in [1.29, 1.82) is 0 Å². The Morgan fingerprint density at radius 2 is 1.52 bits per heavy atom. The lowest BCUT2D eigenvalue weighted by Crippen LogP contribution is -2.51. The second kappa shape index (κ2) is 8.78. The van der Waals surface area contributed by atoms with Gasteiger partial charge >= 0.3 is 0 Å². The summed E-state index contributed by atoms with van der Waals surface area (Å²) < 4.78 is 25.2. The number of piperazine rings is 1. The first kappa shape index (κ1) is 21.0. The lowest BCUT2D eigenvalue weighted by molar-refractivity contribution is -0.135. The topological polar surface area (TPSA) is 74.8 Å². The quantitative estimate of drug-likeness (QED) is 0.754. The Morgan fingerprint density at radius 3 is 2.14 bits per heavy atom. The molecule has 7 heteroatoms. The van der Waals surface area contributed by atoms with E-state index in [-0.39, 0.29) is 28.4 Å². The molecule has 1 fully saturated rings. The standard InChI is InChI=1S/C22H26N2O4S/c1-17(2)21(25)23-11-13-24(14-12-23)22(26)19-8-6-7-18(15-19)16-29(27,28)20-9-4-3-5-10-20/h3-10,15,17H,11-14,16H2,1-2H3. The minimum absolute atomic E-state index is 0.0551. The van der Waals surface area contributed by atoms with Gasteiger partial charge in [-0.15, -0.1) is 0 Å². The third-order valence-electron chi connectivity index (χ3n) is 5.01. The van der Waals surface area contributed by atoms with Gasteiger partial charge in [-0.05, 0) is 29.8 Å². The average Bonchev–Trinajstić information content (AvgIpc) is 2.73. The highest BCUT2D eigenvalue weighted by atomic mass is 32.2. The number of carbonyl (C=O) groups excluding carboxylic acids is 2. The van der Waals surface area contributed by atoms with E-state index in [1.165, 1.54) is 0 Å². The highest BCUT2D eigenvalue weighted by Crippen LogP contribution is 2.18. The molecule has 1 heterocycles. The Labute approximate surface area is 172 Å². The van der Waals surface area contributed by atoms with Gasteiger partial charge in [-0.2, -0.15) is 0 Å². The number of hydrogen-bond acceptors (Lipinski definition) is 4. The highest BCUT2D eigenvalue weighted by molar-refractivity contribution is 7.90. The van der Waals surface area contributed by atoms with E-state index in [2.05, 4.69) is 0 Å². The van der Waals surface area contributed by atoms with Crippen LogP contribution in [0.4, 0.5) is 0 Å². The molecule has 0 radical (unpaired) electrons. The Bertz CT molecular complexity index is 979. The molecule has 0 saturated carbocycles. The third kappa shape index (κ3) is 5.03. The van der Waals surface area contributed by atoms with Crippen LogP contribution in [0.15, 0.2) is 59.5 Å². The fourth-order valence-electron chi connectivity index (χ4n) is 3.40. The number of carbonyl (C=O) groups is 2. The van der Waals surface area contributed by atoms with Crippen molar-refractivity contribution >= 4 is 21.7 Å². The van der Waals surface area contributed by atoms with Crippen LogP contribution in [0.2, 0.25) is 0 Å². The van der Waals surface area contributed by atoms with E-state index in [0.717, 1.165) is 0 Å². The predicted molar refractivity (Wildman–Crippen MR) is 111 cm³/mol. The molecule has 0 aromatic heterocycles. The molecule has 0 N–H and O–H groups in total. The number of sulfone groups is 1. The van der Waals surface area contributed by atoms with Gasteiger partial charge in [0, 0.05) is 37.7 Å². The molecule has 1 aliphatic heterocycles. The van der Waals surface area contributed by atoms with Gasteiger partial charge < -0.3 is 9.80 Å². The van der Waals surface area contributed by atoms with Gasteiger partial charge in [0.2, 0.25) is 5.91 Å². The molecule has 0 atom stereocenters. The number of amides is 2. The van der Waals surface area contributed by atoms with Crippen molar-refractivity contribution in [2.45, 2.75) is 24.5 Å². The molecule has 6 nitrogen and oxygen atoms in total. The second-order valence-corrected chi connectivity index (χ2v) is 9.53. The second-order valence-electron chi connectivity index (χ2n) is 7.54. The van der Waals surface area contributed by atoms with Crippen molar-refractivity contribution < 1.29 is 18.0 Å². The lowest BCUT2D eigenvalue weighted by Gasteiger charge is -2.35. The number of hydrogen-bond donors (Lipinski definition) is 0. The van der Waals surface area contributed by atoms with Gasteiger partial charge in [-0.1, -0.05) is 44.2 Å². The van der Waals surface area contributed by atoms with Crippen molar-refractivity contribution in [1.82, 2.24) is 9.80 Å². The summed E-state index contributed by atoms with van der Waals surface area (Å²) in [6.07, 6.45) is 0. The molecular formula is C22H26N2O4S. The summed E-state index contributed by atoms with van der Waals surface area (Å²) in [4.78, 5) is 28.7. The maximum Gasteiger partial charge on any atom is 0.253 e. The first-order valence-electron chi connectivity index (χ1n) is 9.73. The summed E-state index contributed by atoms with van der Waals surface area (Å²) in [5, 5.41) is 0. The highest BCUT2D eigenvalue weighted by Gasteiger charge is 2.26. The number of nitrogens with zero attached hydrogens (tertiary/aromatic N) is 2. The van der Waals surface area contributed by atoms with Crippen LogP contribution in [0.3, 0.4) is 0 Å². The van der Waals surface area contributed by atoms with E-state index in [1.807, 2.05) is 13.8 Å². The largest absolute Gasteiger partial charge is 0.339 e. The van der Waals surface area contributed by atoms with E-state index >= 15 is 0 Å². The van der Waals surface area contributed by atoms with E-state index in [9.17, 15) is 18.0 Å². The van der Waals surface area contributed by atoms with E-state index in [0.29, 0.717) is 37.3 Å².